The molecule has 40 heavy (non-hydrogen) atoms. The smallest absolute Gasteiger partial charge is 0.401 e. The quantitative estimate of drug-likeness (QED) is 0.297. The number of rotatable bonds is 5. The Kier molecular flexibility index (Phi) is 6.96. The molecule has 3 aromatic rings. The summed E-state index contributed by atoms with van der Waals surface area (Å²) in [5.74, 6) is 0.320. The highest BCUT2D eigenvalue weighted by atomic mass is 35.5. The summed E-state index contributed by atoms with van der Waals surface area (Å²) >= 11 is 12.6. The molecule has 2 aliphatic rings. The number of urea groups is 1. The number of hydrogen-bond acceptors (Lipinski definition) is 5. The topological polar surface area (TPSA) is 84.7 Å². The van der Waals surface area contributed by atoms with Crippen molar-refractivity contribution in [2.75, 3.05) is 16.8 Å². The Labute approximate surface area is 241 Å². The molecule has 1 aliphatic heterocycles. The Hall–Kier alpha value is -2.41. The first kappa shape index (κ1) is 29.1. The maximum Gasteiger partial charge on any atom is 0.401 e. The average molecular weight is 616 g/mol. The van der Waals surface area contributed by atoms with Crippen molar-refractivity contribution in [3.8, 4) is 0 Å². The Morgan fingerprint density at radius 2 is 1.85 bits per heavy atom. The standard InChI is InChI=1S/C26H31Cl2F3N6O2Si/c1-24(2,3)40(5,6)39-21(14-7-8-14)20-16(27)9-15(11-33-20)34-23(38)36-13-25(4,26(29,30)31)22-17(36)12-32-19-10-18(28)35-37(19)22/h9-12,14,21H,7-8,13H2,1-6H3,(H,34,38). The Morgan fingerprint density at radius 1 is 1.18 bits per heavy atom. The number of amides is 2. The molecule has 1 fully saturated rings. The molecule has 2 atom stereocenters. The summed E-state index contributed by atoms with van der Waals surface area (Å²) in [5.41, 5.74) is -1.64. The van der Waals surface area contributed by atoms with Gasteiger partial charge in [-0.05, 0) is 49.9 Å². The largest absolute Gasteiger partial charge is 0.408 e. The molecule has 0 aromatic carbocycles. The van der Waals surface area contributed by atoms with Gasteiger partial charge in [0.25, 0.3) is 0 Å². The van der Waals surface area contributed by atoms with Crippen molar-refractivity contribution in [3.63, 3.8) is 0 Å². The number of pyridine rings is 1. The van der Waals surface area contributed by atoms with E-state index in [9.17, 15) is 18.0 Å². The maximum absolute atomic E-state index is 14.4. The zero-order valence-corrected chi connectivity index (χ0v) is 25.5. The maximum atomic E-state index is 14.4. The lowest BCUT2D eigenvalue weighted by Gasteiger charge is -2.39. The number of aromatic nitrogens is 4. The third kappa shape index (κ3) is 4.97. The third-order valence-corrected chi connectivity index (χ3v) is 13.2. The van der Waals surface area contributed by atoms with Crippen molar-refractivity contribution in [1.29, 1.82) is 0 Å². The van der Waals surface area contributed by atoms with Crippen molar-refractivity contribution >= 4 is 54.6 Å². The zero-order chi connectivity index (χ0) is 29.4. The summed E-state index contributed by atoms with van der Waals surface area (Å²) in [5, 5.41) is 6.96. The molecule has 8 nitrogen and oxygen atoms in total. The van der Waals surface area contributed by atoms with E-state index < -0.39 is 32.5 Å². The highest BCUT2D eigenvalue weighted by Gasteiger charge is 2.60. The Bertz CT molecular complexity index is 1490. The number of halogens is 5. The second-order valence-electron chi connectivity index (χ2n) is 12.3. The minimum absolute atomic E-state index is 0.000592. The molecule has 0 radical (unpaired) electrons. The van der Waals surface area contributed by atoms with Crippen molar-refractivity contribution in [1.82, 2.24) is 19.6 Å². The summed E-state index contributed by atoms with van der Waals surface area (Å²) in [6, 6.07) is 2.14. The van der Waals surface area contributed by atoms with Crippen LogP contribution in [0, 0.1) is 5.92 Å². The predicted molar refractivity (Wildman–Crippen MR) is 151 cm³/mol. The minimum atomic E-state index is -4.68. The fourth-order valence-corrected chi connectivity index (χ4v) is 6.42. The molecule has 216 valence electrons. The van der Waals surface area contributed by atoms with Gasteiger partial charge in [0.15, 0.2) is 19.1 Å². The number of nitrogens with zero attached hydrogens (tertiary/aromatic N) is 5. The van der Waals surface area contributed by atoms with Gasteiger partial charge in [-0.3, -0.25) is 9.88 Å². The van der Waals surface area contributed by atoms with E-state index in [4.69, 9.17) is 27.6 Å². The van der Waals surface area contributed by atoms with E-state index in [1.54, 1.807) is 6.07 Å². The van der Waals surface area contributed by atoms with Gasteiger partial charge in [0.2, 0.25) is 0 Å². The molecular formula is C26H31Cl2F3N6O2Si. The SMILES string of the molecule is CC1(C(F)(F)F)CN(C(=O)Nc2cnc(C(O[Si](C)(C)C(C)(C)C)C3CC3)c(Cl)c2)c2cnc3cc(Cl)nn3c21. The lowest BCUT2D eigenvalue weighted by Crippen LogP contribution is -2.46. The fourth-order valence-electron chi connectivity index (χ4n) is 4.68. The normalized spacial score (nSPS) is 20.6. The van der Waals surface area contributed by atoms with E-state index in [-0.39, 0.29) is 39.0 Å². The van der Waals surface area contributed by atoms with Gasteiger partial charge in [-0.1, -0.05) is 44.0 Å². The van der Waals surface area contributed by atoms with Gasteiger partial charge in [-0.2, -0.15) is 18.3 Å². The molecule has 14 heteroatoms. The van der Waals surface area contributed by atoms with Crippen LogP contribution in [0.5, 0.6) is 0 Å². The molecule has 2 amide bonds. The van der Waals surface area contributed by atoms with Gasteiger partial charge in [0.05, 0.1) is 46.3 Å². The van der Waals surface area contributed by atoms with Gasteiger partial charge in [0, 0.05) is 12.6 Å². The van der Waals surface area contributed by atoms with E-state index in [0.29, 0.717) is 16.6 Å². The van der Waals surface area contributed by atoms with Crippen molar-refractivity contribution in [3.05, 3.63) is 46.1 Å². The molecule has 0 bridgehead atoms. The van der Waals surface area contributed by atoms with Crippen LogP contribution in [-0.2, 0) is 9.84 Å². The molecule has 1 aliphatic carbocycles. The number of carbonyl (C=O) groups excluding carboxylic acids is 1. The minimum Gasteiger partial charge on any atom is -0.408 e. The summed E-state index contributed by atoms with van der Waals surface area (Å²) in [4.78, 5) is 23.1. The highest BCUT2D eigenvalue weighted by Crippen LogP contribution is 2.51. The lowest BCUT2D eigenvalue weighted by atomic mass is 9.88. The van der Waals surface area contributed by atoms with E-state index in [0.717, 1.165) is 29.2 Å². The Balaban J connectivity index is 1.43. The van der Waals surface area contributed by atoms with Crippen LogP contribution in [0.4, 0.5) is 29.3 Å². The molecule has 5 rings (SSSR count). The number of nitrogens with one attached hydrogen (secondary N) is 1. The summed E-state index contributed by atoms with van der Waals surface area (Å²) in [6.07, 6.45) is -0.219. The first-order valence-corrected chi connectivity index (χ1v) is 16.6. The zero-order valence-electron chi connectivity index (χ0n) is 23.0. The van der Waals surface area contributed by atoms with Gasteiger partial charge in [-0.25, -0.2) is 14.3 Å². The van der Waals surface area contributed by atoms with Crippen molar-refractivity contribution in [2.45, 2.75) is 76.4 Å². The molecule has 3 aromatic heterocycles. The molecule has 1 saturated carbocycles. The second-order valence-corrected chi connectivity index (χ2v) is 17.9. The van der Waals surface area contributed by atoms with E-state index in [1.165, 1.54) is 18.5 Å². The monoisotopic (exact) mass is 614 g/mol. The van der Waals surface area contributed by atoms with Crippen LogP contribution in [0.2, 0.25) is 28.3 Å². The predicted octanol–water partition coefficient (Wildman–Crippen LogP) is 7.78. The van der Waals surface area contributed by atoms with Crippen LogP contribution in [0.15, 0.2) is 24.5 Å². The fraction of sp³-hybridized carbons (Fsp3) is 0.538. The van der Waals surface area contributed by atoms with Crippen LogP contribution < -0.4 is 10.2 Å². The molecule has 2 unspecified atom stereocenters. The van der Waals surface area contributed by atoms with E-state index in [1.807, 2.05) is 0 Å². The Morgan fingerprint density at radius 3 is 2.42 bits per heavy atom. The number of anilines is 2. The van der Waals surface area contributed by atoms with Gasteiger partial charge >= 0.3 is 12.2 Å². The van der Waals surface area contributed by atoms with Gasteiger partial charge in [-0.15, -0.1) is 0 Å². The lowest BCUT2D eigenvalue weighted by molar-refractivity contribution is -0.181. The number of alkyl halides is 3. The number of fused-ring (bicyclic) bond motifs is 3. The summed E-state index contributed by atoms with van der Waals surface area (Å²) in [6.45, 7) is 11.2. The van der Waals surface area contributed by atoms with Crippen molar-refractivity contribution < 1.29 is 22.4 Å². The first-order chi connectivity index (χ1) is 18.4. The van der Waals surface area contributed by atoms with Crippen LogP contribution in [0.25, 0.3) is 5.65 Å². The van der Waals surface area contributed by atoms with Crippen LogP contribution in [0.3, 0.4) is 0 Å². The third-order valence-electron chi connectivity index (χ3n) is 8.26. The second kappa shape index (κ2) is 9.57. The van der Waals surface area contributed by atoms with Crippen LogP contribution in [0.1, 0.15) is 58.0 Å². The van der Waals surface area contributed by atoms with E-state index >= 15 is 0 Å². The number of hydrogen-bond donors (Lipinski definition) is 1. The highest BCUT2D eigenvalue weighted by molar-refractivity contribution is 6.74. The average Bonchev–Trinajstić information content (AvgIpc) is 3.51. The molecular weight excluding hydrogens is 584 g/mol. The van der Waals surface area contributed by atoms with Crippen molar-refractivity contribution in [2.24, 2.45) is 5.92 Å². The first-order valence-electron chi connectivity index (χ1n) is 13.0. The summed E-state index contributed by atoms with van der Waals surface area (Å²) < 4.78 is 50.8. The molecule has 4 heterocycles. The van der Waals surface area contributed by atoms with Gasteiger partial charge < -0.3 is 9.74 Å². The number of carbonyl (C=O) groups is 1. The van der Waals surface area contributed by atoms with Gasteiger partial charge in [0.1, 0.15) is 5.41 Å². The molecule has 1 N–H and O–H groups in total. The molecule has 0 saturated heterocycles. The van der Waals surface area contributed by atoms with Crippen LogP contribution in [-0.4, -0.2) is 46.7 Å². The summed E-state index contributed by atoms with van der Waals surface area (Å²) in [7, 11) is -2.12. The molecule has 0 spiro atoms. The van der Waals surface area contributed by atoms with E-state index in [2.05, 4.69) is 54.2 Å². The van der Waals surface area contributed by atoms with Crippen LogP contribution >= 0.6 is 23.2 Å².